The van der Waals surface area contributed by atoms with Gasteiger partial charge in [-0.15, -0.1) is 0 Å². The van der Waals surface area contributed by atoms with Gasteiger partial charge in [0.25, 0.3) is 5.92 Å². The quantitative estimate of drug-likeness (QED) is 0.814. The number of alkyl halides is 2. The molecule has 3 heteroatoms. The Morgan fingerprint density at radius 1 is 1.13 bits per heavy atom. The van der Waals surface area contributed by atoms with Gasteiger partial charge >= 0.3 is 0 Å². The molecular weight excluding hydrogens is 196 g/mol. The first-order chi connectivity index (χ1) is 6.90. The molecule has 0 unspecified atom stereocenters. The van der Waals surface area contributed by atoms with Crippen molar-refractivity contribution in [1.29, 1.82) is 0 Å². The van der Waals surface area contributed by atoms with Gasteiger partial charge < -0.3 is 5.32 Å². The van der Waals surface area contributed by atoms with Crippen molar-refractivity contribution in [3.8, 4) is 0 Å². The van der Waals surface area contributed by atoms with Crippen LogP contribution in [0.15, 0.2) is 12.1 Å². The SMILES string of the molecule is CNCC(F)(F)c1ccc(C)c(C)c1C. The molecule has 1 rings (SSSR count). The van der Waals surface area contributed by atoms with Gasteiger partial charge in [-0.2, -0.15) is 8.78 Å². The smallest absolute Gasteiger partial charge is 0.285 e. The van der Waals surface area contributed by atoms with Crippen LogP contribution in [0.1, 0.15) is 22.3 Å². The van der Waals surface area contributed by atoms with Crippen LogP contribution in [0, 0.1) is 20.8 Å². The maximum absolute atomic E-state index is 13.7. The van der Waals surface area contributed by atoms with E-state index in [1.165, 1.54) is 13.1 Å². The van der Waals surface area contributed by atoms with Gasteiger partial charge in [-0.05, 0) is 44.5 Å². The summed E-state index contributed by atoms with van der Waals surface area (Å²) >= 11 is 0. The summed E-state index contributed by atoms with van der Waals surface area (Å²) in [5.74, 6) is -2.79. The number of benzene rings is 1. The van der Waals surface area contributed by atoms with Crippen LogP contribution in [-0.4, -0.2) is 13.6 Å². The lowest BCUT2D eigenvalue weighted by atomic mass is 9.95. The molecule has 1 aromatic rings. The van der Waals surface area contributed by atoms with Crippen molar-refractivity contribution in [1.82, 2.24) is 5.32 Å². The number of halogens is 2. The number of hydrogen-bond donors (Lipinski definition) is 1. The van der Waals surface area contributed by atoms with Crippen LogP contribution in [-0.2, 0) is 5.92 Å². The number of aryl methyl sites for hydroxylation is 1. The molecule has 1 aromatic carbocycles. The molecule has 0 aliphatic heterocycles. The third-order valence-electron chi connectivity index (χ3n) is 2.85. The maximum atomic E-state index is 13.7. The number of hydrogen-bond acceptors (Lipinski definition) is 1. The van der Waals surface area contributed by atoms with Crippen molar-refractivity contribution in [3.63, 3.8) is 0 Å². The normalized spacial score (nSPS) is 11.9. The molecule has 0 aromatic heterocycles. The summed E-state index contributed by atoms with van der Waals surface area (Å²) in [6, 6.07) is 3.27. The summed E-state index contributed by atoms with van der Waals surface area (Å²) in [6.45, 7) is 5.24. The number of likely N-dealkylation sites (N-methyl/N-ethyl adjacent to an activating group) is 1. The van der Waals surface area contributed by atoms with Crippen LogP contribution in [0.25, 0.3) is 0 Å². The van der Waals surface area contributed by atoms with E-state index in [-0.39, 0.29) is 12.1 Å². The lowest BCUT2D eigenvalue weighted by Gasteiger charge is -2.20. The third-order valence-corrected chi connectivity index (χ3v) is 2.85. The van der Waals surface area contributed by atoms with E-state index in [2.05, 4.69) is 5.32 Å². The average Bonchev–Trinajstić information content (AvgIpc) is 2.13. The molecule has 0 amide bonds. The predicted octanol–water partition coefficient (Wildman–Crippen LogP) is 2.92. The van der Waals surface area contributed by atoms with Gasteiger partial charge in [-0.1, -0.05) is 12.1 Å². The van der Waals surface area contributed by atoms with Crippen molar-refractivity contribution in [2.45, 2.75) is 26.7 Å². The summed E-state index contributed by atoms with van der Waals surface area (Å²) in [5, 5.41) is 2.52. The zero-order chi connectivity index (χ0) is 11.6. The molecule has 84 valence electrons. The Morgan fingerprint density at radius 3 is 2.27 bits per heavy atom. The molecule has 0 bridgehead atoms. The molecule has 0 heterocycles. The fourth-order valence-electron chi connectivity index (χ4n) is 1.67. The second kappa shape index (κ2) is 4.27. The molecule has 0 spiro atoms. The molecule has 0 aliphatic rings. The number of rotatable bonds is 3. The van der Waals surface area contributed by atoms with Gasteiger partial charge in [-0.3, -0.25) is 0 Å². The highest BCUT2D eigenvalue weighted by atomic mass is 19.3. The zero-order valence-corrected chi connectivity index (χ0v) is 9.62. The standard InChI is InChI=1S/C12H17F2N/c1-8-5-6-11(10(3)9(8)2)12(13,14)7-15-4/h5-6,15H,7H2,1-4H3. The lowest BCUT2D eigenvalue weighted by Crippen LogP contribution is -2.29. The molecule has 0 atom stereocenters. The minimum atomic E-state index is -2.79. The Kier molecular flexibility index (Phi) is 3.45. The van der Waals surface area contributed by atoms with Gasteiger partial charge in [0, 0.05) is 5.56 Å². The second-order valence-corrected chi connectivity index (χ2v) is 3.91. The molecule has 1 nitrogen and oxygen atoms in total. The first-order valence-electron chi connectivity index (χ1n) is 5.00. The number of nitrogens with one attached hydrogen (secondary N) is 1. The summed E-state index contributed by atoms with van der Waals surface area (Å²) in [4.78, 5) is 0. The topological polar surface area (TPSA) is 12.0 Å². The average molecular weight is 213 g/mol. The van der Waals surface area contributed by atoms with E-state index in [1.807, 2.05) is 13.8 Å². The monoisotopic (exact) mass is 213 g/mol. The van der Waals surface area contributed by atoms with Gasteiger partial charge in [0.1, 0.15) is 0 Å². The summed E-state index contributed by atoms with van der Waals surface area (Å²) < 4.78 is 27.3. The molecule has 15 heavy (non-hydrogen) atoms. The van der Waals surface area contributed by atoms with Crippen LogP contribution in [0.5, 0.6) is 0 Å². The Hall–Kier alpha value is -0.960. The fourth-order valence-corrected chi connectivity index (χ4v) is 1.67. The second-order valence-electron chi connectivity index (χ2n) is 3.91. The molecule has 1 N–H and O–H groups in total. The summed E-state index contributed by atoms with van der Waals surface area (Å²) in [6.07, 6.45) is 0. The van der Waals surface area contributed by atoms with Crippen LogP contribution in [0.2, 0.25) is 0 Å². The van der Waals surface area contributed by atoms with Gasteiger partial charge in [-0.25, -0.2) is 0 Å². The maximum Gasteiger partial charge on any atom is 0.285 e. The largest absolute Gasteiger partial charge is 0.314 e. The van der Waals surface area contributed by atoms with Crippen LogP contribution in [0.3, 0.4) is 0 Å². The Balaban J connectivity index is 3.21. The first kappa shape index (κ1) is 12.1. The van der Waals surface area contributed by atoms with E-state index < -0.39 is 5.92 Å². The van der Waals surface area contributed by atoms with Crippen molar-refractivity contribution in [2.75, 3.05) is 13.6 Å². The Labute approximate surface area is 89.5 Å². The summed E-state index contributed by atoms with van der Waals surface area (Å²) in [5.41, 5.74) is 2.81. The third kappa shape index (κ3) is 2.34. The molecule has 0 fully saturated rings. The van der Waals surface area contributed by atoms with Crippen molar-refractivity contribution in [3.05, 3.63) is 34.4 Å². The van der Waals surface area contributed by atoms with Crippen LogP contribution < -0.4 is 5.32 Å². The van der Waals surface area contributed by atoms with E-state index in [4.69, 9.17) is 0 Å². The molecular formula is C12H17F2N. The van der Waals surface area contributed by atoms with Crippen LogP contribution >= 0.6 is 0 Å². The molecule has 0 saturated heterocycles. The van der Waals surface area contributed by atoms with E-state index >= 15 is 0 Å². The Bertz CT molecular complexity index is 359. The highest BCUT2D eigenvalue weighted by Crippen LogP contribution is 2.31. The summed E-state index contributed by atoms with van der Waals surface area (Å²) in [7, 11) is 1.53. The van der Waals surface area contributed by atoms with Crippen LogP contribution in [0.4, 0.5) is 8.78 Å². The minimum absolute atomic E-state index is 0.125. The van der Waals surface area contributed by atoms with Gasteiger partial charge in [0.2, 0.25) is 0 Å². The molecule has 0 radical (unpaired) electrons. The van der Waals surface area contributed by atoms with Crippen molar-refractivity contribution >= 4 is 0 Å². The highest BCUT2D eigenvalue weighted by molar-refractivity contribution is 5.41. The minimum Gasteiger partial charge on any atom is -0.314 e. The van der Waals surface area contributed by atoms with Gasteiger partial charge in [0.15, 0.2) is 0 Å². The Morgan fingerprint density at radius 2 is 1.73 bits per heavy atom. The molecule has 0 saturated carbocycles. The molecule has 0 aliphatic carbocycles. The lowest BCUT2D eigenvalue weighted by molar-refractivity contribution is -0.00193. The van der Waals surface area contributed by atoms with E-state index in [9.17, 15) is 8.78 Å². The predicted molar refractivity (Wildman–Crippen MR) is 58.5 cm³/mol. The first-order valence-corrected chi connectivity index (χ1v) is 5.00. The van der Waals surface area contributed by atoms with Crippen molar-refractivity contribution < 1.29 is 8.78 Å². The van der Waals surface area contributed by atoms with E-state index in [0.717, 1.165) is 11.1 Å². The highest BCUT2D eigenvalue weighted by Gasteiger charge is 2.32. The fraction of sp³-hybridized carbons (Fsp3) is 0.500. The van der Waals surface area contributed by atoms with Crippen molar-refractivity contribution in [2.24, 2.45) is 0 Å². The van der Waals surface area contributed by atoms with E-state index in [1.54, 1.807) is 13.0 Å². The zero-order valence-electron chi connectivity index (χ0n) is 9.62. The van der Waals surface area contributed by atoms with E-state index in [0.29, 0.717) is 5.56 Å². The van der Waals surface area contributed by atoms with Gasteiger partial charge in [0.05, 0.1) is 6.54 Å².